The number of nitrogens with one attached hydrogen (secondary N) is 1. The Balaban J connectivity index is 2.18. The summed E-state index contributed by atoms with van der Waals surface area (Å²) in [6.45, 7) is 11.5. The SMILES string of the molecule is C=CC(C)(CCCC1CCCO1)CNCC. The lowest BCUT2D eigenvalue weighted by atomic mass is 9.84. The van der Waals surface area contributed by atoms with E-state index in [1.165, 1.54) is 32.1 Å². The van der Waals surface area contributed by atoms with Crippen molar-refractivity contribution in [2.75, 3.05) is 19.7 Å². The lowest BCUT2D eigenvalue weighted by molar-refractivity contribution is 0.0995. The third kappa shape index (κ3) is 4.67. The minimum absolute atomic E-state index is 0.245. The molecule has 0 spiro atoms. The van der Waals surface area contributed by atoms with Gasteiger partial charge >= 0.3 is 0 Å². The molecule has 0 aromatic rings. The molecule has 1 rings (SSSR count). The summed E-state index contributed by atoms with van der Waals surface area (Å²) >= 11 is 0. The molecule has 1 N–H and O–H groups in total. The topological polar surface area (TPSA) is 21.3 Å². The second-order valence-corrected chi connectivity index (χ2v) is 5.17. The molecular formula is C14H27NO. The highest BCUT2D eigenvalue weighted by Crippen LogP contribution is 2.27. The molecule has 2 unspecified atom stereocenters. The van der Waals surface area contributed by atoms with E-state index in [0.717, 1.165) is 19.7 Å². The van der Waals surface area contributed by atoms with E-state index in [9.17, 15) is 0 Å². The molecule has 94 valence electrons. The minimum atomic E-state index is 0.245. The first kappa shape index (κ1) is 13.7. The van der Waals surface area contributed by atoms with Crippen LogP contribution < -0.4 is 5.32 Å². The zero-order valence-electron chi connectivity index (χ0n) is 10.9. The summed E-state index contributed by atoms with van der Waals surface area (Å²) in [6.07, 6.45) is 8.83. The van der Waals surface area contributed by atoms with E-state index in [0.29, 0.717) is 6.10 Å². The van der Waals surface area contributed by atoms with Crippen molar-refractivity contribution in [2.24, 2.45) is 5.41 Å². The van der Waals surface area contributed by atoms with Crippen molar-refractivity contribution in [1.82, 2.24) is 5.32 Å². The van der Waals surface area contributed by atoms with Crippen molar-refractivity contribution in [1.29, 1.82) is 0 Å². The molecule has 1 aliphatic heterocycles. The maximum absolute atomic E-state index is 5.64. The molecule has 1 heterocycles. The average molecular weight is 225 g/mol. The molecule has 0 bridgehead atoms. The lowest BCUT2D eigenvalue weighted by Gasteiger charge is -2.26. The fourth-order valence-electron chi connectivity index (χ4n) is 2.28. The maximum atomic E-state index is 5.64. The molecule has 1 aliphatic rings. The third-order valence-electron chi connectivity index (χ3n) is 3.57. The van der Waals surface area contributed by atoms with Gasteiger partial charge in [0, 0.05) is 13.2 Å². The highest BCUT2D eigenvalue weighted by molar-refractivity contribution is 4.93. The van der Waals surface area contributed by atoms with Crippen molar-refractivity contribution >= 4 is 0 Å². The van der Waals surface area contributed by atoms with E-state index in [1.807, 2.05) is 0 Å². The summed E-state index contributed by atoms with van der Waals surface area (Å²) in [5.41, 5.74) is 0.245. The predicted molar refractivity (Wildman–Crippen MR) is 69.7 cm³/mol. The molecule has 1 saturated heterocycles. The van der Waals surface area contributed by atoms with Crippen LogP contribution >= 0.6 is 0 Å². The van der Waals surface area contributed by atoms with Crippen LogP contribution in [-0.4, -0.2) is 25.8 Å². The zero-order chi connectivity index (χ0) is 11.9. The summed E-state index contributed by atoms with van der Waals surface area (Å²) in [6, 6.07) is 0. The fourth-order valence-corrected chi connectivity index (χ4v) is 2.28. The second kappa shape index (κ2) is 7.08. The van der Waals surface area contributed by atoms with E-state index < -0.39 is 0 Å². The van der Waals surface area contributed by atoms with Crippen LogP contribution in [0.3, 0.4) is 0 Å². The molecule has 0 saturated carbocycles. The van der Waals surface area contributed by atoms with Crippen LogP contribution in [0.4, 0.5) is 0 Å². The van der Waals surface area contributed by atoms with Gasteiger partial charge in [0.1, 0.15) is 0 Å². The molecule has 0 aromatic heterocycles. The first-order valence-electron chi connectivity index (χ1n) is 6.66. The van der Waals surface area contributed by atoms with Crippen molar-refractivity contribution in [3.8, 4) is 0 Å². The van der Waals surface area contributed by atoms with E-state index in [4.69, 9.17) is 4.74 Å². The molecule has 16 heavy (non-hydrogen) atoms. The zero-order valence-corrected chi connectivity index (χ0v) is 10.9. The average Bonchev–Trinajstić information content (AvgIpc) is 2.79. The standard InChI is InChI=1S/C14H27NO/c1-4-14(3,12-15-5-2)10-6-8-13-9-7-11-16-13/h4,13,15H,1,5-12H2,2-3H3. The molecule has 0 aromatic carbocycles. The Hall–Kier alpha value is -0.340. The summed E-state index contributed by atoms with van der Waals surface area (Å²) in [5, 5.41) is 3.42. The molecular weight excluding hydrogens is 198 g/mol. The smallest absolute Gasteiger partial charge is 0.0576 e. The third-order valence-corrected chi connectivity index (χ3v) is 3.57. The molecule has 2 nitrogen and oxygen atoms in total. The van der Waals surface area contributed by atoms with Gasteiger partial charge in [0.25, 0.3) is 0 Å². The van der Waals surface area contributed by atoms with Gasteiger partial charge in [0.05, 0.1) is 6.10 Å². The van der Waals surface area contributed by atoms with E-state index >= 15 is 0 Å². The maximum Gasteiger partial charge on any atom is 0.0576 e. The highest BCUT2D eigenvalue weighted by atomic mass is 16.5. The normalized spacial score (nSPS) is 24.2. The molecule has 2 atom stereocenters. The molecule has 1 fully saturated rings. The Kier molecular flexibility index (Phi) is 6.07. The monoisotopic (exact) mass is 225 g/mol. The predicted octanol–water partition coefficient (Wildman–Crippen LogP) is 3.14. The van der Waals surface area contributed by atoms with Crippen molar-refractivity contribution in [3.05, 3.63) is 12.7 Å². The van der Waals surface area contributed by atoms with Crippen molar-refractivity contribution in [3.63, 3.8) is 0 Å². The Morgan fingerprint density at radius 1 is 1.56 bits per heavy atom. The quantitative estimate of drug-likeness (QED) is 0.641. The summed E-state index contributed by atoms with van der Waals surface area (Å²) < 4.78 is 5.64. The summed E-state index contributed by atoms with van der Waals surface area (Å²) in [7, 11) is 0. The van der Waals surface area contributed by atoms with Gasteiger partial charge < -0.3 is 10.1 Å². The Bertz CT molecular complexity index is 199. The van der Waals surface area contributed by atoms with E-state index in [-0.39, 0.29) is 5.41 Å². The second-order valence-electron chi connectivity index (χ2n) is 5.17. The van der Waals surface area contributed by atoms with Gasteiger partial charge in [0.2, 0.25) is 0 Å². The minimum Gasteiger partial charge on any atom is -0.378 e. The van der Waals surface area contributed by atoms with Crippen LogP contribution in [0.2, 0.25) is 0 Å². The van der Waals surface area contributed by atoms with Crippen LogP contribution in [0.25, 0.3) is 0 Å². The number of hydrogen-bond donors (Lipinski definition) is 1. The molecule has 0 radical (unpaired) electrons. The van der Waals surface area contributed by atoms with Gasteiger partial charge in [-0.15, -0.1) is 6.58 Å². The van der Waals surface area contributed by atoms with Crippen LogP contribution in [-0.2, 0) is 4.74 Å². The van der Waals surface area contributed by atoms with Gasteiger partial charge in [0.15, 0.2) is 0 Å². The highest BCUT2D eigenvalue weighted by Gasteiger charge is 2.21. The number of ether oxygens (including phenoxy) is 1. The molecule has 0 amide bonds. The molecule has 0 aliphatic carbocycles. The summed E-state index contributed by atoms with van der Waals surface area (Å²) in [5.74, 6) is 0. The first-order chi connectivity index (χ1) is 7.70. The number of rotatable bonds is 8. The Labute approximate surface area is 100 Å². The van der Waals surface area contributed by atoms with Gasteiger partial charge in [-0.05, 0) is 44.1 Å². The molecule has 2 heteroatoms. The van der Waals surface area contributed by atoms with Gasteiger partial charge in [-0.2, -0.15) is 0 Å². The summed E-state index contributed by atoms with van der Waals surface area (Å²) in [4.78, 5) is 0. The van der Waals surface area contributed by atoms with Crippen LogP contribution in [0, 0.1) is 5.41 Å². The Morgan fingerprint density at radius 3 is 2.94 bits per heavy atom. The largest absolute Gasteiger partial charge is 0.378 e. The number of hydrogen-bond acceptors (Lipinski definition) is 2. The fraction of sp³-hybridized carbons (Fsp3) is 0.857. The van der Waals surface area contributed by atoms with E-state index in [1.54, 1.807) is 0 Å². The van der Waals surface area contributed by atoms with Crippen LogP contribution in [0.5, 0.6) is 0 Å². The Morgan fingerprint density at radius 2 is 2.38 bits per heavy atom. The lowest BCUT2D eigenvalue weighted by Crippen LogP contribution is -2.30. The van der Waals surface area contributed by atoms with Gasteiger partial charge in [-0.3, -0.25) is 0 Å². The van der Waals surface area contributed by atoms with Gasteiger partial charge in [-0.1, -0.05) is 19.9 Å². The van der Waals surface area contributed by atoms with Crippen LogP contribution in [0.1, 0.15) is 46.0 Å². The van der Waals surface area contributed by atoms with Crippen molar-refractivity contribution < 1.29 is 4.74 Å². The van der Waals surface area contributed by atoms with Gasteiger partial charge in [-0.25, -0.2) is 0 Å². The van der Waals surface area contributed by atoms with Crippen LogP contribution in [0.15, 0.2) is 12.7 Å². The first-order valence-corrected chi connectivity index (χ1v) is 6.66. The van der Waals surface area contributed by atoms with E-state index in [2.05, 4.69) is 31.8 Å². The van der Waals surface area contributed by atoms with Crippen molar-refractivity contribution in [2.45, 2.75) is 52.1 Å².